The number of hydrogen-bond donors (Lipinski definition) is 1. The van der Waals surface area contributed by atoms with Crippen molar-refractivity contribution in [3.63, 3.8) is 0 Å². The van der Waals surface area contributed by atoms with E-state index in [1.165, 1.54) is 26.2 Å². The summed E-state index contributed by atoms with van der Waals surface area (Å²) in [4.78, 5) is 42.9. The van der Waals surface area contributed by atoms with Gasteiger partial charge in [-0.3, -0.25) is 4.90 Å². The first-order chi connectivity index (χ1) is 19.3. The summed E-state index contributed by atoms with van der Waals surface area (Å²) in [5.74, 6) is -2.80. The van der Waals surface area contributed by atoms with Gasteiger partial charge >= 0.3 is 17.9 Å². The number of methoxy groups -OCH3 is 3. The lowest BCUT2D eigenvalue weighted by Crippen LogP contribution is -2.42. The van der Waals surface area contributed by atoms with Gasteiger partial charge in [-0.15, -0.1) is 0 Å². The van der Waals surface area contributed by atoms with Gasteiger partial charge in [-0.1, -0.05) is 37.3 Å². The monoisotopic (exact) mass is 544 g/mol. The zero-order chi connectivity index (χ0) is 29.0. The van der Waals surface area contributed by atoms with Crippen LogP contribution >= 0.6 is 0 Å². The molecule has 0 saturated carbocycles. The van der Waals surface area contributed by atoms with Crippen molar-refractivity contribution in [2.24, 2.45) is 11.7 Å². The summed E-state index contributed by atoms with van der Waals surface area (Å²) in [5.41, 5.74) is 8.22. The molecule has 40 heavy (non-hydrogen) atoms. The number of rotatable bonds is 6. The number of allylic oxidation sites excluding steroid dienone is 1. The lowest BCUT2D eigenvalue weighted by atomic mass is 9.80. The number of ether oxygens (including phenoxy) is 3. The number of nitrogens with zero attached hydrogens (tertiary/aromatic N) is 3. The lowest BCUT2D eigenvalue weighted by molar-refractivity contribution is -0.139. The Morgan fingerprint density at radius 2 is 1.52 bits per heavy atom. The van der Waals surface area contributed by atoms with E-state index in [2.05, 4.69) is 17.9 Å². The van der Waals surface area contributed by atoms with Crippen molar-refractivity contribution in [2.75, 3.05) is 44.2 Å². The van der Waals surface area contributed by atoms with Gasteiger partial charge in [0.15, 0.2) is 0 Å². The van der Waals surface area contributed by atoms with Crippen LogP contribution in [0.4, 0.5) is 11.4 Å². The molecule has 2 aromatic carbocycles. The lowest BCUT2D eigenvalue weighted by Gasteiger charge is -2.39. The number of carbonyl (C=O) groups is 3. The molecule has 0 amide bonds. The van der Waals surface area contributed by atoms with Crippen molar-refractivity contribution in [1.29, 1.82) is 5.26 Å². The zero-order valence-corrected chi connectivity index (χ0v) is 23.0. The van der Waals surface area contributed by atoms with Crippen LogP contribution in [0.3, 0.4) is 0 Å². The van der Waals surface area contributed by atoms with E-state index >= 15 is 0 Å². The molecule has 2 N–H and O–H groups in total. The minimum Gasteiger partial charge on any atom is -0.466 e. The van der Waals surface area contributed by atoms with Gasteiger partial charge in [0.2, 0.25) is 0 Å². The molecular formula is C30H32N4O6. The molecule has 2 aliphatic rings. The summed E-state index contributed by atoms with van der Waals surface area (Å²) in [7, 11) is 3.66. The molecule has 0 spiro atoms. The van der Waals surface area contributed by atoms with Crippen molar-refractivity contribution < 1.29 is 28.6 Å². The average molecular weight is 545 g/mol. The van der Waals surface area contributed by atoms with Crippen LogP contribution in [0.5, 0.6) is 0 Å². The molecule has 10 nitrogen and oxygen atoms in total. The van der Waals surface area contributed by atoms with E-state index in [1.807, 2.05) is 0 Å². The van der Waals surface area contributed by atoms with Crippen molar-refractivity contribution in [3.05, 3.63) is 82.3 Å². The van der Waals surface area contributed by atoms with Gasteiger partial charge in [-0.05, 0) is 42.5 Å². The normalized spacial score (nSPS) is 17.8. The van der Waals surface area contributed by atoms with Gasteiger partial charge in [-0.25, -0.2) is 14.4 Å². The fraction of sp³-hybridized carbons (Fsp3) is 0.333. The van der Waals surface area contributed by atoms with E-state index in [1.54, 1.807) is 48.5 Å². The summed E-state index contributed by atoms with van der Waals surface area (Å²) in [6, 6.07) is 15.9. The van der Waals surface area contributed by atoms with E-state index in [0.29, 0.717) is 22.9 Å². The third-order valence-corrected chi connectivity index (χ3v) is 7.37. The van der Waals surface area contributed by atoms with Crippen LogP contribution < -0.4 is 15.5 Å². The second kappa shape index (κ2) is 11.9. The van der Waals surface area contributed by atoms with Crippen LogP contribution in [-0.2, 0) is 23.8 Å². The molecule has 1 saturated heterocycles. The van der Waals surface area contributed by atoms with Crippen LogP contribution in [0.25, 0.3) is 0 Å². The number of piperidine rings is 1. The highest BCUT2D eigenvalue weighted by atomic mass is 16.5. The molecule has 1 atom stereocenters. The quantitative estimate of drug-likeness (QED) is 0.424. The van der Waals surface area contributed by atoms with Crippen molar-refractivity contribution in [3.8, 4) is 6.07 Å². The molecule has 0 aromatic heterocycles. The Morgan fingerprint density at radius 1 is 0.900 bits per heavy atom. The summed E-state index contributed by atoms with van der Waals surface area (Å²) in [5, 5.41) is 10.4. The van der Waals surface area contributed by atoms with Gasteiger partial charge in [-0.2, -0.15) is 5.26 Å². The van der Waals surface area contributed by atoms with E-state index < -0.39 is 23.8 Å². The molecule has 2 aromatic rings. The van der Waals surface area contributed by atoms with Gasteiger partial charge in [0.1, 0.15) is 11.5 Å². The van der Waals surface area contributed by atoms with Gasteiger partial charge in [0, 0.05) is 13.1 Å². The maximum absolute atomic E-state index is 13.5. The van der Waals surface area contributed by atoms with Gasteiger partial charge < -0.3 is 24.8 Å². The molecular weight excluding hydrogens is 512 g/mol. The van der Waals surface area contributed by atoms with E-state index in [9.17, 15) is 19.6 Å². The molecule has 0 radical (unpaired) electrons. The minimum absolute atomic E-state index is 0.0425. The highest BCUT2D eigenvalue weighted by molar-refractivity contribution is 6.07. The van der Waals surface area contributed by atoms with Crippen LogP contribution in [0.1, 0.15) is 41.6 Å². The Hall–Kier alpha value is -4.78. The Kier molecular flexibility index (Phi) is 8.43. The SMILES string of the molecule is COC(=O)C1=C(C(=O)OC)N(c2cc(C(=O)OC)ccc2N2CCC(C)CC2)C(N)=C(C#N)C1c1ccccc1. The number of benzene rings is 2. The molecule has 208 valence electrons. The number of hydrogen-bond acceptors (Lipinski definition) is 10. The summed E-state index contributed by atoms with van der Waals surface area (Å²) >= 11 is 0. The highest BCUT2D eigenvalue weighted by Crippen LogP contribution is 2.46. The standard InChI is InChI=1S/C30H32N4O6/c1-18-12-14-33(15-13-18)22-11-10-20(28(35)38-2)16-23(22)34-26(30(37)40-4)25(29(36)39-3)24(21(17-31)27(34)32)19-8-6-5-7-9-19/h5-11,16,18,24H,12-15,32H2,1-4H3. The Bertz CT molecular complexity index is 1420. The van der Waals surface area contributed by atoms with Gasteiger partial charge in [0.05, 0.1) is 61.4 Å². The minimum atomic E-state index is -0.993. The van der Waals surface area contributed by atoms with E-state index in [-0.39, 0.29) is 28.2 Å². The predicted molar refractivity (Wildman–Crippen MR) is 148 cm³/mol. The Balaban J connectivity index is 2.07. The molecule has 10 heteroatoms. The molecule has 0 aliphatic carbocycles. The maximum Gasteiger partial charge on any atom is 0.355 e. The highest BCUT2D eigenvalue weighted by Gasteiger charge is 2.44. The largest absolute Gasteiger partial charge is 0.466 e. The number of nitriles is 1. The predicted octanol–water partition coefficient (Wildman–Crippen LogP) is 3.61. The number of anilines is 2. The fourth-order valence-corrected chi connectivity index (χ4v) is 5.23. The summed E-state index contributed by atoms with van der Waals surface area (Å²) < 4.78 is 15.2. The van der Waals surface area contributed by atoms with E-state index in [4.69, 9.17) is 19.9 Å². The molecule has 2 aliphatic heterocycles. The van der Waals surface area contributed by atoms with Gasteiger partial charge in [0.25, 0.3) is 0 Å². The van der Waals surface area contributed by atoms with Crippen LogP contribution in [-0.4, -0.2) is 52.3 Å². The summed E-state index contributed by atoms with van der Waals surface area (Å²) in [6.07, 6.45) is 1.88. The van der Waals surface area contributed by atoms with Crippen LogP contribution in [0.2, 0.25) is 0 Å². The first-order valence-corrected chi connectivity index (χ1v) is 12.9. The molecule has 1 fully saturated rings. The van der Waals surface area contributed by atoms with Crippen LogP contribution in [0.15, 0.2) is 71.2 Å². The first-order valence-electron chi connectivity index (χ1n) is 12.9. The molecule has 0 bridgehead atoms. The average Bonchev–Trinajstić information content (AvgIpc) is 2.99. The van der Waals surface area contributed by atoms with Crippen LogP contribution in [0, 0.1) is 17.2 Å². The molecule has 1 unspecified atom stereocenters. The smallest absolute Gasteiger partial charge is 0.355 e. The second-order valence-electron chi connectivity index (χ2n) is 9.70. The third-order valence-electron chi connectivity index (χ3n) is 7.37. The number of nitrogens with two attached hydrogens (primary N) is 1. The second-order valence-corrected chi connectivity index (χ2v) is 9.70. The fourth-order valence-electron chi connectivity index (χ4n) is 5.23. The van der Waals surface area contributed by atoms with Crippen molar-refractivity contribution in [1.82, 2.24) is 0 Å². The van der Waals surface area contributed by atoms with E-state index in [0.717, 1.165) is 25.9 Å². The first kappa shape index (κ1) is 28.2. The molecule has 2 heterocycles. The summed E-state index contributed by atoms with van der Waals surface area (Å²) in [6.45, 7) is 3.64. The number of esters is 3. The third kappa shape index (κ3) is 5.10. The Morgan fingerprint density at radius 3 is 2.10 bits per heavy atom. The van der Waals surface area contributed by atoms with Crippen molar-refractivity contribution in [2.45, 2.75) is 25.7 Å². The zero-order valence-electron chi connectivity index (χ0n) is 23.0. The molecule has 4 rings (SSSR count). The van der Waals surface area contributed by atoms with Crippen molar-refractivity contribution >= 4 is 29.3 Å². The Labute approximate surface area is 233 Å². The number of carbonyl (C=O) groups excluding carboxylic acids is 3. The topological polar surface area (TPSA) is 135 Å². The maximum atomic E-state index is 13.5.